The zero-order chi connectivity index (χ0) is 9.19. The lowest BCUT2D eigenvalue weighted by Gasteiger charge is -2.34. The largest absolute Gasteiger partial charge is 0.336 e. The Hall–Kier alpha value is -0.570. The fourth-order valence-electron chi connectivity index (χ4n) is 2.13. The van der Waals surface area contributed by atoms with Crippen molar-refractivity contribution in [1.82, 2.24) is 10.2 Å². The van der Waals surface area contributed by atoms with Crippen LogP contribution >= 0.6 is 0 Å². The molecule has 0 aromatic heterocycles. The second-order valence-corrected chi connectivity index (χ2v) is 3.80. The maximum atomic E-state index is 11.2. The highest BCUT2D eigenvalue weighted by molar-refractivity contribution is 5.74. The molecule has 0 aliphatic carbocycles. The van der Waals surface area contributed by atoms with Crippen LogP contribution in [0.15, 0.2) is 0 Å². The summed E-state index contributed by atoms with van der Waals surface area (Å²) in [6.45, 7) is 5.62. The van der Waals surface area contributed by atoms with Gasteiger partial charge in [-0.05, 0) is 26.8 Å². The molecular weight excluding hydrogens is 152 g/mol. The van der Waals surface area contributed by atoms with Crippen LogP contribution in [-0.2, 0) is 4.79 Å². The van der Waals surface area contributed by atoms with Crippen LogP contribution in [0.5, 0.6) is 0 Å². The van der Waals surface area contributed by atoms with Gasteiger partial charge in [-0.25, -0.2) is 0 Å². The van der Waals surface area contributed by atoms with Crippen molar-refractivity contribution in [2.75, 3.05) is 20.1 Å². The highest BCUT2D eigenvalue weighted by Gasteiger charge is 2.37. The number of likely N-dealkylation sites (tertiary alicyclic amines) is 1. The molecule has 1 aliphatic rings. The highest BCUT2D eigenvalue weighted by Crippen LogP contribution is 2.27. The molecule has 3 heteroatoms. The second kappa shape index (κ2) is 3.44. The van der Waals surface area contributed by atoms with E-state index in [1.54, 1.807) is 6.92 Å². The van der Waals surface area contributed by atoms with Crippen LogP contribution in [0.25, 0.3) is 0 Å². The Morgan fingerprint density at radius 3 is 2.83 bits per heavy atom. The third-order valence-corrected chi connectivity index (χ3v) is 2.69. The Balaban J connectivity index is 2.67. The number of nitrogens with one attached hydrogen (secondary N) is 1. The number of hydrogen-bond acceptors (Lipinski definition) is 2. The number of nitrogens with zero attached hydrogens (tertiary/aromatic N) is 1. The van der Waals surface area contributed by atoms with Crippen molar-refractivity contribution in [2.45, 2.75) is 32.2 Å². The van der Waals surface area contributed by atoms with Crippen LogP contribution in [0.2, 0.25) is 0 Å². The van der Waals surface area contributed by atoms with Gasteiger partial charge in [-0.1, -0.05) is 0 Å². The van der Waals surface area contributed by atoms with E-state index in [-0.39, 0.29) is 11.4 Å². The molecule has 0 spiro atoms. The van der Waals surface area contributed by atoms with Gasteiger partial charge in [0.2, 0.25) is 5.91 Å². The Morgan fingerprint density at radius 1 is 1.67 bits per heavy atom. The molecule has 1 rings (SSSR count). The molecule has 0 bridgehead atoms. The normalized spacial score (nSPS) is 29.4. The van der Waals surface area contributed by atoms with Crippen molar-refractivity contribution in [3.8, 4) is 0 Å². The number of rotatable bonds is 2. The first-order valence-electron chi connectivity index (χ1n) is 4.53. The lowest BCUT2D eigenvalue weighted by atomic mass is 9.99. The first-order valence-corrected chi connectivity index (χ1v) is 4.53. The molecule has 1 atom stereocenters. The zero-order valence-electron chi connectivity index (χ0n) is 8.18. The van der Waals surface area contributed by atoms with Gasteiger partial charge in [0.1, 0.15) is 0 Å². The van der Waals surface area contributed by atoms with Gasteiger partial charge in [0.15, 0.2) is 0 Å². The van der Waals surface area contributed by atoms with Gasteiger partial charge in [-0.15, -0.1) is 0 Å². The molecule has 1 unspecified atom stereocenters. The van der Waals surface area contributed by atoms with E-state index in [0.717, 1.165) is 25.9 Å². The van der Waals surface area contributed by atoms with Crippen molar-refractivity contribution in [2.24, 2.45) is 0 Å². The van der Waals surface area contributed by atoms with Crippen molar-refractivity contribution in [1.29, 1.82) is 0 Å². The van der Waals surface area contributed by atoms with Crippen molar-refractivity contribution in [3.63, 3.8) is 0 Å². The van der Waals surface area contributed by atoms with E-state index < -0.39 is 0 Å². The summed E-state index contributed by atoms with van der Waals surface area (Å²) in [6, 6.07) is 0. The molecule has 70 valence electrons. The van der Waals surface area contributed by atoms with Crippen molar-refractivity contribution >= 4 is 5.91 Å². The minimum atomic E-state index is 0.0561. The molecule has 1 fully saturated rings. The summed E-state index contributed by atoms with van der Waals surface area (Å²) in [5.41, 5.74) is 0.0561. The first kappa shape index (κ1) is 9.52. The third kappa shape index (κ3) is 1.61. The van der Waals surface area contributed by atoms with Crippen LogP contribution in [0.3, 0.4) is 0 Å². The van der Waals surface area contributed by atoms with E-state index in [0.29, 0.717) is 0 Å². The SMILES string of the molecule is CNCC1(C)CCCN1C(C)=O. The molecule has 1 saturated heterocycles. The second-order valence-electron chi connectivity index (χ2n) is 3.80. The molecule has 1 amide bonds. The maximum Gasteiger partial charge on any atom is 0.219 e. The Bertz CT molecular complexity index is 181. The summed E-state index contributed by atoms with van der Waals surface area (Å²) in [4.78, 5) is 13.2. The summed E-state index contributed by atoms with van der Waals surface area (Å²) in [6.07, 6.45) is 2.26. The number of likely N-dealkylation sites (N-methyl/N-ethyl adjacent to an activating group) is 1. The van der Waals surface area contributed by atoms with Crippen molar-refractivity contribution < 1.29 is 4.79 Å². The van der Waals surface area contributed by atoms with Crippen LogP contribution in [-0.4, -0.2) is 36.5 Å². The monoisotopic (exact) mass is 170 g/mol. The highest BCUT2D eigenvalue weighted by atomic mass is 16.2. The first-order chi connectivity index (χ1) is 5.60. The minimum Gasteiger partial charge on any atom is -0.336 e. The Morgan fingerprint density at radius 2 is 2.33 bits per heavy atom. The molecule has 1 aliphatic heterocycles. The molecule has 0 aromatic carbocycles. The maximum absolute atomic E-state index is 11.2. The van der Waals surface area contributed by atoms with Gasteiger partial charge in [0.25, 0.3) is 0 Å². The average Bonchev–Trinajstić information content (AvgIpc) is 2.32. The Labute approximate surface area is 74.1 Å². The van der Waals surface area contributed by atoms with Gasteiger partial charge in [-0.2, -0.15) is 0 Å². The third-order valence-electron chi connectivity index (χ3n) is 2.69. The predicted molar refractivity (Wildman–Crippen MR) is 49.0 cm³/mol. The summed E-state index contributed by atoms with van der Waals surface area (Å²) >= 11 is 0. The quantitative estimate of drug-likeness (QED) is 0.658. The number of carbonyl (C=O) groups is 1. The molecule has 0 aromatic rings. The average molecular weight is 170 g/mol. The summed E-state index contributed by atoms with van der Waals surface area (Å²) < 4.78 is 0. The van der Waals surface area contributed by atoms with Crippen molar-refractivity contribution in [3.05, 3.63) is 0 Å². The van der Waals surface area contributed by atoms with Gasteiger partial charge >= 0.3 is 0 Å². The van der Waals surface area contributed by atoms with Gasteiger partial charge in [0.05, 0.1) is 5.54 Å². The number of amides is 1. The fourth-order valence-corrected chi connectivity index (χ4v) is 2.13. The molecule has 1 heterocycles. The van der Waals surface area contributed by atoms with Crippen LogP contribution in [0.1, 0.15) is 26.7 Å². The smallest absolute Gasteiger partial charge is 0.219 e. The van der Waals surface area contributed by atoms with Crippen LogP contribution < -0.4 is 5.32 Å². The lowest BCUT2D eigenvalue weighted by molar-refractivity contribution is -0.132. The summed E-state index contributed by atoms with van der Waals surface area (Å²) in [5, 5.41) is 3.14. The van der Waals surface area contributed by atoms with E-state index in [4.69, 9.17) is 0 Å². The molecule has 0 saturated carbocycles. The molecule has 12 heavy (non-hydrogen) atoms. The van der Waals surface area contributed by atoms with Gasteiger partial charge < -0.3 is 10.2 Å². The molecular formula is C9H18N2O. The molecule has 0 radical (unpaired) electrons. The Kier molecular flexibility index (Phi) is 2.73. The lowest BCUT2D eigenvalue weighted by Crippen LogP contribution is -2.49. The van der Waals surface area contributed by atoms with Gasteiger partial charge in [0, 0.05) is 20.0 Å². The standard InChI is InChI=1S/C9H18N2O/c1-8(12)11-6-4-5-9(11,2)7-10-3/h10H,4-7H2,1-3H3. The topological polar surface area (TPSA) is 32.3 Å². The van der Waals surface area contributed by atoms with E-state index in [2.05, 4.69) is 12.2 Å². The van der Waals surface area contributed by atoms with E-state index in [1.165, 1.54) is 0 Å². The van der Waals surface area contributed by atoms with E-state index in [1.807, 2.05) is 11.9 Å². The molecule has 3 nitrogen and oxygen atoms in total. The zero-order valence-corrected chi connectivity index (χ0v) is 8.18. The number of hydrogen-bond donors (Lipinski definition) is 1. The molecule has 1 N–H and O–H groups in total. The summed E-state index contributed by atoms with van der Waals surface area (Å²) in [7, 11) is 1.93. The summed E-state index contributed by atoms with van der Waals surface area (Å²) in [5.74, 6) is 0.199. The van der Waals surface area contributed by atoms with E-state index in [9.17, 15) is 4.79 Å². The fraction of sp³-hybridized carbons (Fsp3) is 0.889. The minimum absolute atomic E-state index is 0.0561. The van der Waals surface area contributed by atoms with Gasteiger partial charge in [-0.3, -0.25) is 4.79 Å². The van der Waals surface area contributed by atoms with Crippen LogP contribution in [0, 0.1) is 0 Å². The van der Waals surface area contributed by atoms with Crippen LogP contribution in [0.4, 0.5) is 0 Å². The predicted octanol–water partition coefficient (Wildman–Crippen LogP) is 0.607. The number of carbonyl (C=O) groups excluding carboxylic acids is 1. The van der Waals surface area contributed by atoms with E-state index >= 15 is 0 Å².